The van der Waals surface area contributed by atoms with Crippen molar-refractivity contribution in [1.29, 1.82) is 0 Å². The Morgan fingerprint density at radius 1 is 1.33 bits per heavy atom. The lowest BCUT2D eigenvalue weighted by molar-refractivity contribution is 0.327. The lowest BCUT2D eigenvalue weighted by Crippen LogP contribution is -2.26. The zero-order valence-electron chi connectivity index (χ0n) is 12.6. The summed E-state index contributed by atoms with van der Waals surface area (Å²) in [7, 11) is 1.99. The van der Waals surface area contributed by atoms with Crippen LogP contribution in [0.4, 0.5) is 0 Å². The van der Waals surface area contributed by atoms with Crippen LogP contribution in [-0.2, 0) is 13.6 Å². The second-order valence-corrected chi connectivity index (χ2v) is 5.78. The van der Waals surface area contributed by atoms with Gasteiger partial charge in [0.2, 0.25) is 0 Å². The molecular weight excluding hydrogens is 284 g/mol. The van der Waals surface area contributed by atoms with E-state index in [-0.39, 0.29) is 12.4 Å². The van der Waals surface area contributed by atoms with E-state index in [1.807, 2.05) is 17.9 Å². The predicted molar refractivity (Wildman–Crippen MR) is 88.5 cm³/mol. The van der Waals surface area contributed by atoms with Crippen molar-refractivity contribution in [2.75, 3.05) is 13.1 Å². The van der Waals surface area contributed by atoms with E-state index >= 15 is 0 Å². The minimum Gasteiger partial charge on any atom is -0.326 e. The molecule has 0 bridgehead atoms. The van der Waals surface area contributed by atoms with Crippen LogP contribution in [0, 0.1) is 6.92 Å². The van der Waals surface area contributed by atoms with Gasteiger partial charge in [-0.2, -0.15) is 5.10 Å². The smallest absolute Gasteiger partial charge is 0.0682 e. The van der Waals surface area contributed by atoms with Gasteiger partial charge in [0.1, 0.15) is 0 Å². The molecule has 3 rings (SSSR count). The number of benzene rings is 1. The zero-order valence-corrected chi connectivity index (χ0v) is 13.4. The number of rotatable bonds is 3. The van der Waals surface area contributed by atoms with Crippen molar-refractivity contribution in [3.05, 3.63) is 41.6 Å². The summed E-state index contributed by atoms with van der Waals surface area (Å²) in [6.45, 7) is 5.20. The average molecular weight is 307 g/mol. The minimum atomic E-state index is 0. The lowest BCUT2D eigenvalue weighted by atomic mass is 10.0. The Morgan fingerprint density at radius 3 is 2.76 bits per heavy atom. The molecule has 1 aliphatic heterocycles. The molecular formula is C16H23ClN4. The van der Waals surface area contributed by atoms with Crippen molar-refractivity contribution in [3.63, 3.8) is 0 Å². The number of nitrogens with two attached hydrogens (primary N) is 1. The molecule has 1 atom stereocenters. The molecule has 1 aromatic heterocycles. The maximum absolute atomic E-state index is 6.00. The third-order valence-corrected chi connectivity index (χ3v) is 4.07. The molecule has 2 heterocycles. The van der Waals surface area contributed by atoms with Crippen LogP contribution in [-0.4, -0.2) is 33.8 Å². The van der Waals surface area contributed by atoms with Gasteiger partial charge < -0.3 is 5.73 Å². The maximum Gasteiger partial charge on any atom is 0.0682 e. The summed E-state index contributed by atoms with van der Waals surface area (Å²) in [5.41, 5.74) is 11.1. The Labute approximate surface area is 132 Å². The van der Waals surface area contributed by atoms with Crippen LogP contribution in [0.25, 0.3) is 11.3 Å². The van der Waals surface area contributed by atoms with Gasteiger partial charge in [-0.3, -0.25) is 9.58 Å². The molecule has 4 nitrogen and oxygen atoms in total. The Morgan fingerprint density at radius 2 is 2.14 bits per heavy atom. The van der Waals surface area contributed by atoms with Crippen molar-refractivity contribution < 1.29 is 0 Å². The monoisotopic (exact) mass is 306 g/mol. The van der Waals surface area contributed by atoms with Gasteiger partial charge in [0.15, 0.2) is 0 Å². The topological polar surface area (TPSA) is 47.1 Å². The predicted octanol–water partition coefficient (Wildman–Crippen LogP) is 2.35. The fourth-order valence-electron chi connectivity index (χ4n) is 2.95. The first kappa shape index (κ1) is 16.0. The Kier molecular flexibility index (Phi) is 5.04. The van der Waals surface area contributed by atoms with E-state index in [0.29, 0.717) is 6.04 Å². The summed E-state index contributed by atoms with van der Waals surface area (Å²) in [4.78, 5) is 2.44. The second kappa shape index (κ2) is 6.60. The van der Waals surface area contributed by atoms with Crippen LogP contribution < -0.4 is 5.73 Å². The maximum atomic E-state index is 6.00. The molecule has 0 saturated carbocycles. The number of likely N-dealkylation sites (tertiary alicyclic amines) is 1. The summed E-state index contributed by atoms with van der Waals surface area (Å²) in [6.07, 6.45) is 2.96. The van der Waals surface area contributed by atoms with Crippen LogP contribution in [0.3, 0.4) is 0 Å². The Hall–Kier alpha value is -1.36. The highest BCUT2D eigenvalue weighted by atomic mass is 35.5. The Bertz CT molecular complexity index is 608. The van der Waals surface area contributed by atoms with Gasteiger partial charge in [0.05, 0.1) is 5.69 Å². The summed E-state index contributed by atoms with van der Waals surface area (Å²) < 4.78 is 1.94. The summed E-state index contributed by atoms with van der Waals surface area (Å²) in [6, 6.07) is 9.09. The fourth-order valence-corrected chi connectivity index (χ4v) is 2.95. The molecule has 0 radical (unpaired) electrons. The number of halogens is 1. The van der Waals surface area contributed by atoms with Gasteiger partial charge in [-0.25, -0.2) is 0 Å². The molecule has 0 spiro atoms. The largest absolute Gasteiger partial charge is 0.326 e. The van der Waals surface area contributed by atoms with Gasteiger partial charge in [-0.15, -0.1) is 12.4 Å². The van der Waals surface area contributed by atoms with Crippen LogP contribution in [0.1, 0.15) is 17.5 Å². The van der Waals surface area contributed by atoms with Crippen molar-refractivity contribution in [2.24, 2.45) is 12.8 Å². The van der Waals surface area contributed by atoms with Crippen LogP contribution >= 0.6 is 12.4 Å². The van der Waals surface area contributed by atoms with Crippen LogP contribution in [0.5, 0.6) is 0 Å². The molecule has 1 aromatic carbocycles. The Balaban J connectivity index is 0.00000161. The van der Waals surface area contributed by atoms with E-state index in [4.69, 9.17) is 5.73 Å². The van der Waals surface area contributed by atoms with Crippen molar-refractivity contribution in [1.82, 2.24) is 14.7 Å². The number of hydrogen-bond acceptors (Lipinski definition) is 3. The van der Waals surface area contributed by atoms with E-state index in [9.17, 15) is 0 Å². The molecule has 0 amide bonds. The van der Waals surface area contributed by atoms with E-state index < -0.39 is 0 Å². The molecule has 1 fully saturated rings. The summed E-state index contributed by atoms with van der Waals surface area (Å²) in [5, 5.41) is 4.29. The molecule has 2 N–H and O–H groups in total. The first-order valence-electron chi connectivity index (χ1n) is 7.19. The fraction of sp³-hybridized carbons (Fsp3) is 0.438. The standard InChI is InChI=1S/C16H22N4.ClH/c1-12-3-4-13(10-20-8-6-14(17)11-20)15(9-12)16-5-7-18-19(16)2;/h3-5,7,9,14H,6,8,10-11,17H2,1-2H3;1H/t14-;/m1./s1. The van der Waals surface area contributed by atoms with Crippen LogP contribution in [0.15, 0.2) is 30.5 Å². The SMILES string of the molecule is Cc1ccc(CN2CC[C@@H](N)C2)c(-c2ccnn2C)c1.Cl. The van der Waals surface area contributed by atoms with Gasteiger partial charge in [0, 0.05) is 44.5 Å². The van der Waals surface area contributed by atoms with Crippen molar-refractivity contribution >= 4 is 12.4 Å². The van der Waals surface area contributed by atoms with Gasteiger partial charge in [0.25, 0.3) is 0 Å². The molecule has 1 saturated heterocycles. The van der Waals surface area contributed by atoms with E-state index in [1.54, 1.807) is 0 Å². The number of aromatic nitrogens is 2. The molecule has 0 aliphatic carbocycles. The minimum absolute atomic E-state index is 0. The van der Waals surface area contributed by atoms with Crippen molar-refractivity contribution in [3.8, 4) is 11.3 Å². The number of nitrogens with zero attached hydrogens (tertiary/aromatic N) is 3. The highest BCUT2D eigenvalue weighted by molar-refractivity contribution is 5.85. The normalized spacial score (nSPS) is 18.7. The first-order valence-corrected chi connectivity index (χ1v) is 7.19. The van der Waals surface area contributed by atoms with Gasteiger partial charge >= 0.3 is 0 Å². The van der Waals surface area contributed by atoms with Crippen LogP contribution in [0.2, 0.25) is 0 Å². The number of aryl methyl sites for hydroxylation is 2. The highest BCUT2D eigenvalue weighted by Crippen LogP contribution is 2.26. The van der Waals surface area contributed by atoms with Gasteiger partial charge in [-0.1, -0.05) is 17.7 Å². The zero-order chi connectivity index (χ0) is 14.1. The summed E-state index contributed by atoms with van der Waals surface area (Å²) in [5.74, 6) is 0. The molecule has 2 aromatic rings. The molecule has 1 aliphatic rings. The second-order valence-electron chi connectivity index (χ2n) is 5.78. The molecule has 114 valence electrons. The number of hydrogen-bond donors (Lipinski definition) is 1. The van der Waals surface area contributed by atoms with Gasteiger partial charge in [-0.05, 0) is 31.0 Å². The quantitative estimate of drug-likeness (QED) is 0.947. The van der Waals surface area contributed by atoms with E-state index in [1.165, 1.54) is 22.4 Å². The van der Waals surface area contributed by atoms with Crippen molar-refractivity contribution in [2.45, 2.75) is 25.9 Å². The van der Waals surface area contributed by atoms with E-state index in [2.05, 4.69) is 41.2 Å². The van der Waals surface area contributed by atoms with E-state index in [0.717, 1.165) is 26.1 Å². The third-order valence-electron chi connectivity index (χ3n) is 4.07. The molecule has 21 heavy (non-hydrogen) atoms. The molecule has 5 heteroatoms. The lowest BCUT2D eigenvalue weighted by Gasteiger charge is -2.18. The highest BCUT2D eigenvalue weighted by Gasteiger charge is 2.20. The third kappa shape index (κ3) is 3.46. The molecule has 0 unspecified atom stereocenters. The summed E-state index contributed by atoms with van der Waals surface area (Å²) >= 11 is 0. The first-order chi connectivity index (χ1) is 9.63. The average Bonchev–Trinajstić information content (AvgIpc) is 3.01.